The lowest BCUT2D eigenvalue weighted by Gasteiger charge is -2.25. The molecule has 11 rings (SSSR count). The number of hydrogen-bond acceptors (Lipinski definition) is 4. The number of anilines is 3. The van der Waals surface area contributed by atoms with Gasteiger partial charge in [-0.2, -0.15) is 0 Å². The van der Waals surface area contributed by atoms with Crippen LogP contribution in [-0.4, -0.2) is 0 Å². The third-order valence-electron chi connectivity index (χ3n) is 10.1. The van der Waals surface area contributed by atoms with Crippen LogP contribution in [0.25, 0.3) is 85.9 Å². The highest BCUT2D eigenvalue weighted by Crippen LogP contribution is 2.46. The van der Waals surface area contributed by atoms with Crippen LogP contribution in [-0.2, 0) is 0 Å². The molecule has 0 bridgehead atoms. The van der Waals surface area contributed by atoms with Crippen molar-refractivity contribution in [3.05, 3.63) is 164 Å². The molecule has 8 aromatic carbocycles. The van der Waals surface area contributed by atoms with Crippen molar-refractivity contribution in [1.82, 2.24) is 0 Å². The van der Waals surface area contributed by atoms with Crippen LogP contribution >= 0.6 is 11.3 Å². The van der Waals surface area contributed by atoms with Gasteiger partial charge in [0.05, 0.1) is 0 Å². The maximum Gasteiger partial charge on any atom is 0.144 e. The molecule has 0 atom stereocenters. The van der Waals surface area contributed by atoms with Crippen molar-refractivity contribution in [1.29, 1.82) is 0 Å². The first-order valence-corrected chi connectivity index (χ1v) is 17.6. The normalized spacial score (nSPS) is 12.0. The lowest BCUT2D eigenvalue weighted by molar-refractivity contribution is 0.669. The third-order valence-corrected chi connectivity index (χ3v) is 11.2. The Morgan fingerprint density at radius 1 is 0.380 bits per heavy atom. The van der Waals surface area contributed by atoms with E-state index in [1.807, 2.05) is 23.5 Å². The van der Waals surface area contributed by atoms with Crippen LogP contribution in [0.4, 0.5) is 17.1 Å². The Morgan fingerprint density at radius 2 is 1.08 bits per heavy atom. The van der Waals surface area contributed by atoms with Crippen LogP contribution in [0.5, 0.6) is 0 Å². The molecule has 0 spiro atoms. The number of fused-ring (bicyclic) bond motifs is 12. The van der Waals surface area contributed by atoms with Gasteiger partial charge in [0.1, 0.15) is 22.3 Å². The Balaban J connectivity index is 1.06. The van der Waals surface area contributed by atoms with E-state index in [2.05, 4.69) is 157 Å². The van der Waals surface area contributed by atoms with Gasteiger partial charge in [-0.1, -0.05) is 84.9 Å². The van der Waals surface area contributed by atoms with Gasteiger partial charge in [0, 0.05) is 58.8 Å². The fraction of sp³-hybridized carbons (Fsp3) is 0. The Bertz CT molecular complexity index is 3090. The van der Waals surface area contributed by atoms with Crippen molar-refractivity contribution in [3.8, 4) is 11.1 Å². The fourth-order valence-electron chi connectivity index (χ4n) is 7.72. The predicted molar refractivity (Wildman–Crippen MR) is 212 cm³/mol. The fourth-order valence-corrected chi connectivity index (χ4v) is 8.81. The van der Waals surface area contributed by atoms with Gasteiger partial charge in [-0.25, -0.2) is 0 Å². The Morgan fingerprint density at radius 3 is 1.98 bits per heavy atom. The van der Waals surface area contributed by atoms with E-state index < -0.39 is 0 Å². The standard InChI is InChI=1S/C46H27NO2S/c1-2-9-31(10-3-1)47(32-18-14-28(15-19-32)30-16-21-36-35-12-6-7-13-39(35)48-41(36)26-30)33-20-24-42-38(27-33)45-43(50-42)25-22-37-44-34-11-5-4-8-29(34)17-23-40(44)49-46(37)45/h1-27H. The molecule has 50 heavy (non-hydrogen) atoms. The average molecular weight is 658 g/mol. The average Bonchev–Trinajstić information content (AvgIpc) is 3.86. The predicted octanol–water partition coefficient (Wildman–Crippen LogP) is 14.1. The Labute approximate surface area is 290 Å². The quantitative estimate of drug-likeness (QED) is 0.189. The summed E-state index contributed by atoms with van der Waals surface area (Å²) in [6, 6.07) is 58.3. The zero-order valence-corrected chi connectivity index (χ0v) is 27.6. The largest absolute Gasteiger partial charge is 0.456 e. The van der Waals surface area contributed by atoms with Gasteiger partial charge < -0.3 is 13.7 Å². The van der Waals surface area contributed by atoms with Gasteiger partial charge in [-0.3, -0.25) is 0 Å². The SMILES string of the molecule is c1ccc(N(c2ccc(-c3ccc4c(c3)oc3ccccc34)cc2)c2ccc3sc4ccc5c(oc6ccc7ccccc7c65)c4c3c2)cc1. The van der Waals surface area contributed by atoms with Gasteiger partial charge >= 0.3 is 0 Å². The van der Waals surface area contributed by atoms with Gasteiger partial charge in [0.15, 0.2) is 0 Å². The summed E-state index contributed by atoms with van der Waals surface area (Å²) in [7, 11) is 0. The first-order chi connectivity index (χ1) is 24.8. The van der Waals surface area contributed by atoms with Crippen molar-refractivity contribution in [3.63, 3.8) is 0 Å². The highest BCUT2D eigenvalue weighted by atomic mass is 32.1. The summed E-state index contributed by atoms with van der Waals surface area (Å²) < 4.78 is 15.4. The van der Waals surface area contributed by atoms with Crippen molar-refractivity contribution in [2.75, 3.05) is 4.90 Å². The van der Waals surface area contributed by atoms with E-state index in [0.29, 0.717) is 0 Å². The topological polar surface area (TPSA) is 29.5 Å². The van der Waals surface area contributed by atoms with Gasteiger partial charge in [0.2, 0.25) is 0 Å². The Hall–Kier alpha value is -6.36. The molecule has 0 aliphatic rings. The smallest absolute Gasteiger partial charge is 0.144 e. The van der Waals surface area contributed by atoms with Crippen LogP contribution in [0.3, 0.4) is 0 Å². The summed E-state index contributed by atoms with van der Waals surface area (Å²) in [5.74, 6) is 0. The van der Waals surface area contributed by atoms with E-state index in [0.717, 1.165) is 66.7 Å². The van der Waals surface area contributed by atoms with E-state index in [-0.39, 0.29) is 0 Å². The lowest BCUT2D eigenvalue weighted by Crippen LogP contribution is -2.09. The second-order valence-electron chi connectivity index (χ2n) is 12.9. The summed E-state index contributed by atoms with van der Waals surface area (Å²) in [6.07, 6.45) is 0. The molecule has 0 aliphatic heterocycles. The third kappa shape index (κ3) is 4.09. The van der Waals surface area contributed by atoms with Gasteiger partial charge in [-0.05, 0) is 101 Å². The van der Waals surface area contributed by atoms with Crippen molar-refractivity contribution in [2.24, 2.45) is 0 Å². The van der Waals surface area contributed by atoms with Crippen molar-refractivity contribution >= 4 is 103 Å². The van der Waals surface area contributed by atoms with E-state index in [9.17, 15) is 0 Å². The van der Waals surface area contributed by atoms with E-state index in [1.54, 1.807) is 0 Å². The minimum atomic E-state index is 0.904. The first kappa shape index (κ1) is 27.6. The highest BCUT2D eigenvalue weighted by molar-refractivity contribution is 7.26. The molecule has 234 valence electrons. The minimum absolute atomic E-state index is 0.904. The molecule has 0 fully saturated rings. The van der Waals surface area contributed by atoms with Crippen LogP contribution in [0.15, 0.2) is 173 Å². The molecular formula is C46H27NO2S. The molecule has 4 heteroatoms. The zero-order chi connectivity index (χ0) is 32.8. The molecule has 0 N–H and O–H groups in total. The van der Waals surface area contributed by atoms with Crippen molar-refractivity contribution in [2.45, 2.75) is 0 Å². The van der Waals surface area contributed by atoms with E-state index in [1.165, 1.54) is 36.3 Å². The van der Waals surface area contributed by atoms with Crippen LogP contribution in [0, 0.1) is 0 Å². The van der Waals surface area contributed by atoms with Crippen molar-refractivity contribution < 1.29 is 8.83 Å². The number of thiophene rings is 1. The maximum atomic E-state index is 6.70. The first-order valence-electron chi connectivity index (χ1n) is 16.8. The molecule has 11 aromatic rings. The molecule has 0 aliphatic carbocycles. The zero-order valence-electron chi connectivity index (χ0n) is 26.8. The molecule has 0 saturated carbocycles. The molecule has 0 unspecified atom stereocenters. The Kier molecular flexibility index (Phi) is 5.83. The monoisotopic (exact) mass is 657 g/mol. The van der Waals surface area contributed by atoms with Gasteiger partial charge in [-0.15, -0.1) is 11.3 Å². The van der Waals surface area contributed by atoms with Crippen LogP contribution in [0.1, 0.15) is 0 Å². The molecule has 0 saturated heterocycles. The molecule has 0 radical (unpaired) electrons. The van der Waals surface area contributed by atoms with E-state index in [4.69, 9.17) is 8.83 Å². The number of nitrogens with zero attached hydrogens (tertiary/aromatic N) is 1. The molecular weight excluding hydrogens is 631 g/mol. The molecule has 0 amide bonds. The maximum absolute atomic E-state index is 6.70. The number of benzene rings is 8. The minimum Gasteiger partial charge on any atom is -0.456 e. The highest BCUT2D eigenvalue weighted by Gasteiger charge is 2.19. The number of furan rings is 2. The van der Waals surface area contributed by atoms with Crippen LogP contribution in [0.2, 0.25) is 0 Å². The molecule has 3 aromatic heterocycles. The summed E-state index contributed by atoms with van der Waals surface area (Å²) in [4.78, 5) is 2.33. The summed E-state index contributed by atoms with van der Waals surface area (Å²) in [5, 5.41) is 9.45. The second-order valence-corrected chi connectivity index (χ2v) is 14.0. The molecule has 3 nitrogen and oxygen atoms in total. The lowest BCUT2D eigenvalue weighted by atomic mass is 10.0. The second kappa shape index (κ2) is 10.6. The molecule has 3 heterocycles. The number of rotatable bonds is 4. The summed E-state index contributed by atoms with van der Waals surface area (Å²) >= 11 is 1.82. The van der Waals surface area contributed by atoms with Crippen LogP contribution < -0.4 is 4.90 Å². The number of para-hydroxylation sites is 2. The number of hydrogen-bond donors (Lipinski definition) is 0. The van der Waals surface area contributed by atoms with Gasteiger partial charge in [0.25, 0.3) is 0 Å². The summed E-state index contributed by atoms with van der Waals surface area (Å²) in [5.41, 5.74) is 9.25. The van der Waals surface area contributed by atoms with E-state index >= 15 is 0 Å². The summed E-state index contributed by atoms with van der Waals surface area (Å²) in [6.45, 7) is 0.